The van der Waals surface area contributed by atoms with Crippen LogP contribution >= 0.6 is 0 Å². The number of hydrogen-bond acceptors (Lipinski definition) is 2. The summed E-state index contributed by atoms with van der Waals surface area (Å²) in [7, 11) is 0. The van der Waals surface area contributed by atoms with E-state index in [0.29, 0.717) is 12.0 Å². The van der Waals surface area contributed by atoms with Crippen LogP contribution in [-0.2, 0) is 9.47 Å². The summed E-state index contributed by atoms with van der Waals surface area (Å²) in [6, 6.07) is 0. The van der Waals surface area contributed by atoms with E-state index >= 15 is 0 Å². The highest BCUT2D eigenvalue weighted by atomic mass is 16.5. The zero-order valence-corrected chi connectivity index (χ0v) is 12.7. The van der Waals surface area contributed by atoms with Gasteiger partial charge < -0.3 is 9.47 Å². The van der Waals surface area contributed by atoms with E-state index in [9.17, 15) is 0 Å². The van der Waals surface area contributed by atoms with Gasteiger partial charge in [0.15, 0.2) is 0 Å². The van der Waals surface area contributed by atoms with Crippen LogP contribution in [0.2, 0.25) is 0 Å². The molecule has 2 heteroatoms. The monoisotopic (exact) mass is 244 g/mol. The Morgan fingerprint density at radius 3 is 2.24 bits per heavy atom. The van der Waals surface area contributed by atoms with Gasteiger partial charge in [0.1, 0.15) is 0 Å². The van der Waals surface area contributed by atoms with Gasteiger partial charge >= 0.3 is 0 Å². The lowest BCUT2D eigenvalue weighted by Gasteiger charge is -2.24. The van der Waals surface area contributed by atoms with Gasteiger partial charge in [0.25, 0.3) is 0 Å². The number of unbranched alkanes of at least 4 members (excludes halogenated alkanes) is 2. The van der Waals surface area contributed by atoms with Gasteiger partial charge in [-0.1, -0.05) is 26.7 Å². The van der Waals surface area contributed by atoms with Crippen molar-refractivity contribution in [3.63, 3.8) is 0 Å². The summed E-state index contributed by atoms with van der Waals surface area (Å²) in [5, 5.41) is 0. The highest BCUT2D eigenvalue weighted by Gasteiger charge is 2.14. The van der Waals surface area contributed by atoms with Crippen molar-refractivity contribution in [1.82, 2.24) is 0 Å². The summed E-state index contributed by atoms with van der Waals surface area (Å²) in [6.45, 7) is 14.7. The third kappa shape index (κ3) is 12.2. The molecule has 0 saturated carbocycles. The summed E-state index contributed by atoms with van der Waals surface area (Å²) >= 11 is 0. The average molecular weight is 244 g/mol. The SMILES string of the molecule is CCCCCOC(C)CC(C)COC(C)(C)C. The summed E-state index contributed by atoms with van der Waals surface area (Å²) < 4.78 is 11.6. The molecule has 104 valence electrons. The second kappa shape index (κ2) is 8.93. The van der Waals surface area contributed by atoms with Crippen LogP contribution in [0.25, 0.3) is 0 Å². The summed E-state index contributed by atoms with van der Waals surface area (Å²) in [5.41, 5.74) is -0.0283. The first-order valence-corrected chi connectivity index (χ1v) is 7.10. The molecule has 2 unspecified atom stereocenters. The molecule has 0 radical (unpaired) electrons. The molecule has 0 aromatic carbocycles. The third-order valence-electron chi connectivity index (χ3n) is 2.69. The fourth-order valence-electron chi connectivity index (χ4n) is 1.73. The van der Waals surface area contributed by atoms with E-state index in [1.54, 1.807) is 0 Å². The molecular weight excluding hydrogens is 212 g/mol. The molecule has 0 amide bonds. The Hall–Kier alpha value is -0.0800. The highest BCUT2D eigenvalue weighted by Crippen LogP contribution is 2.14. The molecule has 0 aromatic heterocycles. The zero-order valence-electron chi connectivity index (χ0n) is 12.7. The van der Waals surface area contributed by atoms with Gasteiger partial charge in [-0.2, -0.15) is 0 Å². The molecule has 17 heavy (non-hydrogen) atoms. The minimum Gasteiger partial charge on any atom is -0.378 e. The molecule has 0 bridgehead atoms. The van der Waals surface area contributed by atoms with Crippen molar-refractivity contribution in [2.45, 2.75) is 78.9 Å². The number of rotatable bonds is 9. The van der Waals surface area contributed by atoms with Crippen LogP contribution in [0.1, 0.15) is 67.2 Å². The van der Waals surface area contributed by atoms with Crippen LogP contribution in [0.15, 0.2) is 0 Å². The maximum Gasteiger partial charge on any atom is 0.0598 e. The van der Waals surface area contributed by atoms with Crippen molar-refractivity contribution in [2.24, 2.45) is 5.92 Å². The fraction of sp³-hybridized carbons (Fsp3) is 1.00. The summed E-state index contributed by atoms with van der Waals surface area (Å²) in [5.74, 6) is 0.565. The van der Waals surface area contributed by atoms with Crippen molar-refractivity contribution < 1.29 is 9.47 Å². The van der Waals surface area contributed by atoms with Gasteiger partial charge in [0, 0.05) is 13.2 Å². The lowest BCUT2D eigenvalue weighted by molar-refractivity contribution is -0.0322. The smallest absolute Gasteiger partial charge is 0.0598 e. The van der Waals surface area contributed by atoms with Gasteiger partial charge in [0.2, 0.25) is 0 Å². The van der Waals surface area contributed by atoms with Crippen molar-refractivity contribution in [1.29, 1.82) is 0 Å². The quantitative estimate of drug-likeness (QED) is 0.559. The predicted octanol–water partition coefficient (Wildman–Crippen LogP) is 4.42. The molecule has 0 N–H and O–H groups in total. The fourth-order valence-corrected chi connectivity index (χ4v) is 1.73. The van der Waals surface area contributed by atoms with E-state index < -0.39 is 0 Å². The molecule has 0 spiro atoms. The molecular formula is C15H32O2. The van der Waals surface area contributed by atoms with Crippen LogP contribution in [0, 0.1) is 5.92 Å². The summed E-state index contributed by atoms with van der Waals surface area (Å²) in [6.07, 6.45) is 5.16. The molecule has 0 aliphatic carbocycles. The van der Waals surface area contributed by atoms with Crippen molar-refractivity contribution in [3.05, 3.63) is 0 Å². The first-order chi connectivity index (χ1) is 7.85. The Kier molecular flexibility index (Phi) is 8.89. The van der Waals surface area contributed by atoms with Crippen molar-refractivity contribution in [3.8, 4) is 0 Å². The first kappa shape index (κ1) is 16.9. The van der Waals surface area contributed by atoms with Crippen LogP contribution in [-0.4, -0.2) is 24.9 Å². The normalized spacial score (nSPS) is 15.9. The van der Waals surface area contributed by atoms with Gasteiger partial charge in [-0.3, -0.25) is 0 Å². The number of hydrogen-bond donors (Lipinski definition) is 0. The molecule has 0 saturated heterocycles. The molecule has 0 rings (SSSR count). The van der Waals surface area contributed by atoms with E-state index in [2.05, 4.69) is 41.5 Å². The second-order valence-electron chi connectivity index (χ2n) is 6.15. The van der Waals surface area contributed by atoms with Gasteiger partial charge in [-0.25, -0.2) is 0 Å². The molecule has 2 nitrogen and oxygen atoms in total. The molecule has 0 heterocycles. The van der Waals surface area contributed by atoms with Gasteiger partial charge in [0.05, 0.1) is 11.7 Å². The molecule has 0 aliphatic heterocycles. The Morgan fingerprint density at radius 1 is 1.06 bits per heavy atom. The van der Waals surface area contributed by atoms with E-state index in [4.69, 9.17) is 9.47 Å². The summed E-state index contributed by atoms with van der Waals surface area (Å²) in [4.78, 5) is 0. The van der Waals surface area contributed by atoms with E-state index in [1.807, 2.05) is 0 Å². The second-order valence-corrected chi connectivity index (χ2v) is 6.15. The van der Waals surface area contributed by atoms with Crippen LogP contribution in [0.4, 0.5) is 0 Å². The maximum atomic E-state index is 5.79. The van der Waals surface area contributed by atoms with Crippen LogP contribution in [0.5, 0.6) is 0 Å². The Labute approximate surface area is 108 Å². The predicted molar refractivity (Wildman–Crippen MR) is 74.4 cm³/mol. The molecule has 0 aliphatic rings. The van der Waals surface area contributed by atoms with Crippen LogP contribution < -0.4 is 0 Å². The zero-order chi connectivity index (χ0) is 13.3. The topological polar surface area (TPSA) is 18.5 Å². The van der Waals surface area contributed by atoms with E-state index in [0.717, 1.165) is 19.6 Å². The minimum atomic E-state index is -0.0283. The Morgan fingerprint density at radius 2 is 1.71 bits per heavy atom. The number of ether oxygens (including phenoxy) is 2. The van der Waals surface area contributed by atoms with E-state index in [1.165, 1.54) is 19.3 Å². The third-order valence-corrected chi connectivity index (χ3v) is 2.69. The maximum absolute atomic E-state index is 5.79. The largest absolute Gasteiger partial charge is 0.378 e. The lowest BCUT2D eigenvalue weighted by Crippen LogP contribution is -2.24. The average Bonchev–Trinajstić information content (AvgIpc) is 2.21. The van der Waals surface area contributed by atoms with Crippen molar-refractivity contribution >= 4 is 0 Å². The lowest BCUT2D eigenvalue weighted by atomic mass is 10.1. The molecule has 0 fully saturated rings. The van der Waals surface area contributed by atoms with Gasteiger partial charge in [-0.15, -0.1) is 0 Å². The minimum absolute atomic E-state index is 0.0283. The van der Waals surface area contributed by atoms with Gasteiger partial charge in [-0.05, 0) is 46.5 Å². The van der Waals surface area contributed by atoms with E-state index in [-0.39, 0.29) is 5.60 Å². The molecule has 0 aromatic rings. The Bertz CT molecular complexity index is 172. The van der Waals surface area contributed by atoms with Crippen molar-refractivity contribution in [2.75, 3.05) is 13.2 Å². The first-order valence-electron chi connectivity index (χ1n) is 7.10. The standard InChI is InChI=1S/C15H32O2/c1-7-8-9-10-16-14(3)11-13(2)12-17-15(4,5)6/h13-14H,7-12H2,1-6H3. The highest BCUT2D eigenvalue weighted by molar-refractivity contribution is 4.63. The van der Waals surface area contributed by atoms with Crippen LogP contribution in [0.3, 0.4) is 0 Å². The molecule has 2 atom stereocenters. The Balaban J connectivity index is 3.55.